The predicted octanol–water partition coefficient (Wildman–Crippen LogP) is 5.51. The highest BCUT2D eigenvalue weighted by Gasteiger charge is 2.12. The van der Waals surface area contributed by atoms with Crippen molar-refractivity contribution in [3.05, 3.63) is 76.1 Å². The van der Waals surface area contributed by atoms with E-state index in [1.165, 1.54) is 21.3 Å². The molecule has 3 nitrogen and oxygen atoms in total. The molecular weight excluding hydrogens is 396 g/mol. The first-order chi connectivity index (χ1) is 14.1. The van der Waals surface area contributed by atoms with E-state index in [-0.39, 0.29) is 5.91 Å². The Morgan fingerprint density at radius 2 is 1.90 bits per heavy atom. The molecule has 29 heavy (non-hydrogen) atoms. The van der Waals surface area contributed by atoms with Gasteiger partial charge in [0.1, 0.15) is 0 Å². The average molecular weight is 421 g/mol. The Hall–Kier alpha value is -2.37. The predicted molar refractivity (Wildman–Crippen MR) is 126 cm³/mol. The second kappa shape index (κ2) is 8.56. The molecule has 5 heteroatoms. The summed E-state index contributed by atoms with van der Waals surface area (Å²) >= 11 is 3.42. The fraction of sp³-hybridized carbons (Fsp3) is 0.250. The Morgan fingerprint density at radius 3 is 2.72 bits per heavy atom. The third kappa shape index (κ3) is 4.16. The molecule has 148 valence electrons. The molecule has 1 heterocycles. The highest BCUT2D eigenvalue weighted by Crippen LogP contribution is 2.24. The quantitative estimate of drug-likeness (QED) is 0.427. The molecule has 4 aromatic rings. The molecule has 0 unspecified atom stereocenters. The molecule has 0 fully saturated rings. The number of hydrogen-bond donors (Lipinski definition) is 0. The van der Waals surface area contributed by atoms with Crippen LogP contribution in [0.5, 0.6) is 0 Å². The van der Waals surface area contributed by atoms with Gasteiger partial charge in [0, 0.05) is 12.3 Å². The normalized spacial score (nSPS) is 12.2. The van der Waals surface area contributed by atoms with Gasteiger partial charge >= 0.3 is 0 Å². The fourth-order valence-corrected chi connectivity index (χ4v) is 5.24. The van der Waals surface area contributed by atoms with Gasteiger partial charge in [-0.15, -0.1) is 0 Å². The number of carbonyl (C=O) groups is 1. The number of rotatable bonds is 5. The Morgan fingerprint density at radius 1 is 1.10 bits per heavy atom. The van der Waals surface area contributed by atoms with E-state index in [2.05, 4.69) is 60.0 Å². The van der Waals surface area contributed by atoms with Crippen molar-refractivity contribution in [3.63, 3.8) is 0 Å². The van der Waals surface area contributed by atoms with Crippen molar-refractivity contribution in [1.29, 1.82) is 0 Å². The standard InChI is InChI=1S/C24H24N2OS2/c1-16-13-17(2)23-21(14-16)26(11-12-28-3)24(29-23)25-22(27)15-19-9-6-8-18-7-4-5-10-20(18)19/h4-10,13-14H,11-12,15H2,1-3H3. The monoisotopic (exact) mass is 420 g/mol. The minimum atomic E-state index is -0.0971. The van der Waals surface area contributed by atoms with Crippen LogP contribution in [0.3, 0.4) is 0 Å². The number of amides is 1. The van der Waals surface area contributed by atoms with Crippen LogP contribution >= 0.6 is 23.1 Å². The number of nitrogens with zero attached hydrogens (tertiary/aromatic N) is 2. The van der Waals surface area contributed by atoms with Crippen molar-refractivity contribution in [2.45, 2.75) is 26.8 Å². The highest BCUT2D eigenvalue weighted by atomic mass is 32.2. The first-order valence-electron chi connectivity index (χ1n) is 9.70. The summed E-state index contributed by atoms with van der Waals surface area (Å²) in [6, 6.07) is 18.7. The van der Waals surface area contributed by atoms with Crippen molar-refractivity contribution >= 4 is 50.0 Å². The van der Waals surface area contributed by atoms with Crippen molar-refractivity contribution in [1.82, 2.24) is 4.57 Å². The van der Waals surface area contributed by atoms with E-state index in [0.717, 1.165) is 33.4 Å². The Bertz CT molecular complexity index is 1260. The maximum absolute atomic E-state index is 12.9. The van der Waals surface area contributed by atoms with E-state index < -0.39 is 0 Å². The fourth-order valence-electron chi connectivity index (χ4n) is 3.75. The molecule has 0 saturated heterocycles. The molecule has 0 bridgehead atoms. The van der Waals surface area contributed by atoms with E-state index in [0.29, 0.717) is 6.42 Å². The Kier molecular flexibility index (Phi) is 5.88. The van der Waals surface area contributed by atoms with Crippen LogP contribution in [-0.2, 0) is 17.8 Å². The summed E-state index contributed by atoms with van der Waals surface area (Å²) in [6.45, 7) is 5.10. The zero-order valence-electron chi connectivity index (χ0n) is 16.9. The SMILES string of the molecule is CSCCn1c(=NC(=O)Cc2cccc3ccccc23)sc2c(C)cc(C)cc21. The highest BCUT2D eigenvalue weighted by molar-refractivity contribution is 7.98. The lowest BCUT2D eigenvalue weighted by atomic mass is 10.0. The van der Waals surface area contributed by atoms with Gasteiger partial charge < -0.3 is 4.57 Å². The second-order valence-electron chi connectivity index (χ2n) is 7.28. The zero-order valence-corrected chi connectivity index (χ0v) is 18.6. The summed E-state index contributed by atoms with van der Waals surface area (Å²) in [5.41, 5.74) is 4.68. The molecule has 1 amide bonds. The van der Waals surface area contributed by atoms with E-state index in [4.69, 9.17) is 0 Å². The maximum Gasteiger partial charge on any atom is 0.252 e. The van der Waals surface area contributed by atoms with Crippen LogP contribution in [0.2, 0.25) is 0 Å². The summed E-state index contributed by atoms with van der Waals surface area (Å²) in [4.78, 5) is 18.3. The van der Waals surface area contributed by atoms with E-state index >= 15 is 0 Å². The number of carbonyl (C=O) groups excluding carboxylic acids is 1. The number of fused-ring (bicyclic) bond motifs is 2. The molecule has 0 aliphatic rings. The van der Waals surface area contributed by atoms with Crippen LogP contribution in [0.25, 0.3) is 21.0 Å². The molecular formula is C24H24N2OS2. The molecule has 0 aliphatic carbocycles. The van der Waals surface area contributed by atoms with Crippen LogP contribution in [0.1, 0.15) is 16.7 Å². The lowest BCUT2D eigenvalue weighted by Gasteiger charge is -2.06. The Balaban J connectivity index is 1.76. The van der Waals surface area contributed by atoms with Gasteiger partial charge in [-0.25, -0.2) is 0 Å². The van der Waals surface area contributed by atoms with Gasteiger partial charge in [0.15, 0.2) is 4.80 Å². The van der Waals surface area contributed by atoms with Crippen LogP contribution in [0.4, 0.5) is 0 Å². The lowest BCUT2D eigenvalue weighted by Crippen LogP contribution is -2.18. The molecule has 0 radical (unpaired) electrons. The summed E-state index contributed by atoms with van der Waals surface area (Å²) < 4.78 is 3.42. The lowest BCUT2D eigenvalue weighted by molar-refractivity contribution is -0.117. The number of hydrogen-bond acceptors (Lipinski definition) is 3. The molecule has 0 aliphatic heterocycles. The van der Waals surface area contributed by atoms with Crippen molar-refractivity contribution < 1.29 is 4.79 Å². The first-order valence-corrected chi connectivity index (χ1v) is 11.9. The molecule has 0 saturated carbocycles. The van der Waals surface area contributed by atoms with Gasteiger partial charge in [0.2, 0.25) is 0 Å². The van der Waals surface area contributed by atoms with Crippen molar-refractivity contribution in [2.24, 2.45) is 4.99 Å². The van der Waals surface area contributed by atoms with Gasteiger partial charge in [0.05, 0.1) is 16.6 Å². The van der Waals surface area contributed by atoms with Gasteiger partial charge in [-0.3, -0.25) is 4.79 Å². The van der Waals surface area contributed by atoms with Gasteiger partial charge in [-0.05, 0) is 53.6 Å². The van der Waals surface area contributed by atoms with Crippen molar-refractivity contribution in [3.8, 4) is 0 Å². The number of thioether (sulfide) groups is 1. The van der Waals surface area contributed by atoms with E-state index in [1.807, 2.05) is 24.3 Å². The van der Waals surface area contributed by atoms with E-state index in [1.54, 1.807) is 23.1 Å². The summed E-state index contributed by atoms with van der Waals surface area (Å²) in [6.07, 6.45) is 2.42. The van der Waals surface area contributed by atoms with Gasteiger partial charge in [0.25, 0.3) is 5.91 Å². The molecule has 0 spiro atoms. The first kappa shape index (κ1) is 19.9. The zero-order chi connectivity index (χ0) is 20.4. The molecule has 3 aromatic carbocycles. The topological polar surface area (TPSA) is 34.4 Å². The molecule has 4 rings (SSSR count). The van der Waals surface area contributed by atoms with Crippen molar-refractivity contribution in [2.75, 3.05) is 12.0 Å². The number of benzene rings is 3. The average Bonchev–Trinajstić information content (AvgIpc) is 3.04. The van der Waals surface area contributed by atoms with Crippen LogP contribution in [0, 0.1) is 13.8 Å². The molecule has 0 N–H and O–H groups in total. The number of aromatic nitrogens is 1. The summed E-state index contributed by atoms with van der Waals surface area (Å²) in [5.74, 6) is 0.893. The van der Waals surface area contributed by atoms with Crippen LogP contribution in [0.15, 0.2) is 59.6 Å². The largest absolute Gasteiger partial charge is 0.315 e. The second-order valence-corrected chi connectivity index (χ2v) is 9.24. The third-order valence-electron chi connectivity index (χ3n) is 5.08. The summed E-state index contributed by atoms with van der Waals surface area (Å²) in [7, 11) is 0. The van der Waals surface area contributed by atoms with E-state index in [9.17, 15) is 4.79 Å². The van der Waals surface area contributed by atoms with Crippen LogP contribution in [-0.4, -0.2) is 22.5 Å². The minimum absolute atomic E-state index is 0.0971. The molecule has 0 atom stereocenters. The number of aryl methyl sites for hydroxylation is 3. The number of thiazole rings is 1. The maximum atomic E-state index is 12.9. The molecule has 1 aromatic heterocycles. The Labute approximate surface area is 179 Å². The van der Waals surface area contributed by atoms with Gasteiger partial charge in [-0.2, -0.15) is 16.8 Å². The van der Waals surface area contributed by atoms with Crippen LogP contribution < -0.4 is 4.80 Å². The minimum Gasteiger partial charge on any atom is -0.315 e. The van der Waals surface area contributed by atoms with Gasteiger partial charge in [-0.1, -0.05) is 59.9 Å². The third-order valence-corrected chi connectivity index (χ3v) is 6.90. The smallest absolute Gasteiger partial charge is 0.252 e. The summed E-state index contributed by atoms with van der Waals surface area (Å²) in [5, 5.41) is 2.28.